The first-order valence-electron chi connectivity index (χ1n) is 6.44. The molecule has 0 radical (unpaired) electrons. The van der Waals surface area contributed by atoms with E-state index in [0.717, 1.165) is 11.1 Å². The molecule has 0 atom stereocenters. The lowest BCUT2D eigenvalue weighted by Gasteiger charge is -2.13. The Labute approximate surface area is 118 Å². The second-order valence-electron chi connectivity index (χ2n) is 5.02. The van der Waals surface area contributed by atoms with Gasteiger partial charge >= 0.3 is 0 Å². The van der Waals surface area contributed by atoms with Crippen LogP contribution in [-0.4, -0.2) is 5.78 Å². The summed E-state index contributed by atoms with van der Waals surface area (Å²) in [6.07, 6.45) is 0. The summed E-state index contributed by atoms with van der Waals surface area (Å²) in [5, 5.41) is 0. The molecule has 0 aromatic heterocycles. The second kappa shape index (κ2) is 5.45. The largest absolute Gasteiger partial charge is 0.456 e. The Morgan fingerprint density at radius 3 is 2.30 bits per heavy atom. The summed E-state index contributed by atoms with van der Waals surface area (Å²) in [5.74, 6) is 0.444. The van der Waals surface area contributed by atoms with Crippen LogP contribution < -0.4 is 4.74 Å². The SMILES string of the molecule is CC(=O)c1cc(F)c(C)cc1Oc1ccc(C)cc1C. The van der Waals surface area contributed by atoms with Gasteiger partial charge in [0.15, 0.2) is 5.78 Å². The molecule has 0 amide bonds. The van der Waals surface area contributed by atoms with E-state index >= 15 is 0 Å². The van der Waals surface area contributed by atoms with Crippen LogP contribution in [0, 0.1) is 26.6 Å². The smallest absolute Gasteiger partial charge is 0.163 e. The van der Waals surface area contributed by atoms with Crippen LogP contribution in [0.25, 0.3) is 0 Å². The Balaban J connectivity index is 2.47. The zero-order valence-electron chi connectivity index (χ0n) is 12.1. The monoisotopic (exact) mass is 272 g/mol. The van der Waals surface area contributed by atoms with E-state index in [1.807, 2.05) is 32.0 Å². The molecule has 0 heterocycles. The Bertz CT molecular complexity index is 675. The lowest BCUT2D eigenvalue weighted by molar-refractivity contribution is 0.101. The van der Waals surface area contributed by atoms with E-state index < -0.39 is 5.82 Å². The molecule has 0 saturated carbocycles. The second-order valence-corrected chi connectivity index (χ2v) is 5.02. The Morgan fingerprint density at radius 1 is 1.00 bits per heavy atom. The van der Waals surface area contributed by atoms with Gasteiger partial charge in [0.25, 0.3) is 0 Å². The summed E-state index contributed by atoms with van der Waals surface area (Å²) in [5.41, 5.74) is 2.82. The van der Waals surface area contributed by atoms with Crippen LogP contribution in [0.3, 0.4) is 0 Å². The van der Waals surface area contributed by atoms with Crippen molar-refractivity contribution in [3.8, 4) is 11.5 Å². The maximum absolute atomic E-state index is 13.6. The van der Waals surface area contributed by atoms with Gasteiger partial charge in [0.2, 0.25) is 0 Å². The molecule has 2 nitrogen and oxygen atoms in total. The van der Waals surface area contributed by atoms with E-state index in [1.165, 1.54) is 13.0 Å². The number of Topliss-reactive ketones (excluding diaryl/α,β-unsaturated/α-hetero) is 1. The topological polar surface area (TPSA) is 26.3 Å². The number of carbonyl (C=O) groups is 1. The van der Waals surface area contributed by atoms with Crippen LogP contribution in [0.4, 0.5) is 4.39 Å². The number of ether oxygens (including phenoxy) is 1. The Morgan fingerprint density at radius 2 is 1.70 bits per heavy atom. The number of aryl methyl sites for hydroxylation is 3. The van der Waals surface area contributed by atoms with Crippen molar-refractivity contribution in [2.45, 2.75) is 27.7 Å². The van der Waals surface area contributed by atoms with Crippen molar-refractivity contribution >= 4 is 5.78 Å². The van der Waals surface area contributed by atoms with Gasteiger partial charge in [0, 0.05) is 0 Å². The van der Waals surface area contributed by atoms with Crippen molar-refractivity contribution in [2.24, 2.45) is 0 Å². The van der Waals surface area contributed by atoms with Crippen molar-refractivity contribution in [2.75, 3.05) is 0 Å². The molecule has 2 aromatic rings. The molecule has 3 heteroatoms. The maximum Gasteiger partial charge on any atom is 0.163 e. The number of rotatable bonds is 3. The minimum atomic E-state index is -0.400. The molecule has 2 rings (SSSR count). The predicted octanol–water partition coefficient (Wildman–Crippen LogP) is 4.75. The summed E-state index contributed by atoms with van der Waals surface area (Å²) in [6.45, 7) is 6.99. The lowest BCUT2D eigenvalue weighted by Crippen LogP contribution is -2.00. The highest BCUT2D eigenvalue weighted by Gasteiger charge is 2.14. The Kier molecular flexibility index (Phi) is 3.89. The molecule has 0 aliphatic rings. The molecule has 0 aliphatic heterocycles. The highest BCUT2D eigenvalue weighted by Crippen LogP contribution is 2.30. The summed E-state index contributed by atoms with van der Waals surface area (Å²) >= 11 is 0. The van der Waals surface area contributed by atoms with E-state index in [2.05, 4.69) is 0 Å². The molecule has 104 valence electrons. The zero-order chi connectivity index (χ0) is 14.9. The average Bonchev–Trinajstić information content (AvgIpc) is 2.36. The fourth-order valence-electron chi connectivity index (χ4n) is 2.05. The molecule has 0 aliphatic carbocycles. The van der Waals surface area contributed by atoms with Crippen molar-refractivity contribution < 1.29 is 13.9 Å². The number of halogens is 1. The van der Waals surface area contributed by atoms with Gasteiger partial charge in [0.1, 0.15) is 17.3 Å². The molecule has 20 heavy (non-hydrogen) atoms. The van der Waals surface area contributed by atoms with Crippen LogP contribution in [0.2, 0.25) is 0 Å². The van der Waals surface area contributed by atoms with Gasteiger partial charge in [-0.25, -0.2) is 4.39 Å². The van der Waals surface area contributed by atoms with Crippen molar-refractivity contribution in [1.82, 2.24) is 0 Å². The Hall–Kier alpha value is -2.16. The molecule has 0 N–H and O–H groups in total. The highest BCUT2D eigenvalue weighted by atomic mass is 19.1. The molecular weight excluding hydrogens is 255 g/mol. The van der Waals surface area contributed by atoms with Crippen LogP contribution in [-0.2, 0) is 0 Å². The third-order valence-electron chi connectivity index (χ3n) is 3.19. The zero-order valence-corrected chi connectivity index (χ0v) is 12.1. The molecule has 0 spiro atoms. The summed E-state index contributed by atoms with van der Waals surface area (Å²) < 4.78 is 19.4. The van der Waals surface area contributed by atoms with Gasteiger partial charge in [-0.05, 0) is 57.0 Å². The van der Waals surface area contributed by atoms with Crippen molar-refractivity contribution in [3.63, 3.8) is 0 Å². The number of benzene rings is 2. The van der Waals surface area contributed by atoms with Gasteiger partial charge in [0.05, 0.1) is 5.56 Å². The molecule has 0 bridgehead atoms. The quantitative estimate of drug-likeness (QED) is 0.754. The number of hydrogen-bond acceptors (Lipinski definition) is 2. The minimum Gasteiger partial charge on any atom is -0.456 e. The first-order chi connectivity index (χ1) is 9.38. The first kappa shape index (κ1) is 14.3. The first-order valence-corrected chi connectivity index (χ1v) is 6.44. The van der Waals surface area contributed by atoms with Gasteiger partial charge < -0.3 is 4.74 Å². The highest BCUT2D eigenvalue weighted by molar-refractivity contribution is 5.97. The molecule has 2 aromatic carbocycles. The summed E-state index contributed by atoms with van der Waals surface area (Å²) in [7, 11) is 0. The average molecular weight is 272 g/mol. The van der Waals surface area contributed by atoms with E-state index in [0.29, 0.717) is 17.1 Å². The van der Waals surface area contributed by atoms with Crippen molar-refractivity contribution in [1.29, 1.82) is 0 Å². The lowest BCUT2D eigenvalue weighted by atomic mass is 10.1. The van der Waals surface area contributed by atoms with E-state index in [4.69, 9.17) is 4.74 Å². The number of ketones is 1. The normalized spacial score (nSPS) is 10.4. The number of carbonyl (C=O) groups excluding carboxylic acids is 1. The molecule has 0 fully saturated rings. The van der Waals surface area contributed by atoms with Gasteiger partial charge in [-0.2, -0.15) is 0 Å². The predicted molar refractivity (Wildman–Crippen MR) is 77.1 cm³/mol. The number of hydrogen-bond donors (Lipinski definition) is 0. The van der Waals surface area contributed by atoms with E-state index in [9.17, 15) is 9.18 Å². The summed E-state index contributed by atoms with van der Waals surface area (Å²) in [6, 6.07) is 8.58. The van der Waals surface area contributed by atoms with Crippen LogP contribution in [0.1, 0.15) is 34.0 Å². The fourth-order valence-corrected chi connectivity index (χ4v) is 2.05. The van der Waals surface area contributed by atoms with Gasteiger partial charge in [-0.1, -0.05) is 17.7 Å². The summed E-state index contributed by atoms with van der Waals surface area (Å²) in [4.78, 5) is 11.6. The van der Waals surface area contributed by atoms with E-state index in [-0.39, 0.29) is 11.3 Å². The standard InChI is InChI=1S/C17H17FO2/c1-10-5-6-16(12(3)7-10)20-17-8-11(2)15(18)9-14(17)13(4)19/h5-9H,1-4H3. The minimum absolute atomic E-state index is 0.219. The maximum atomic E-state index is 13.6. The molecule has 0 saturated heterocycles. The fraction of sp³-hybridized carbons (Fsp3) is 0.235. The van der Waals surface area contributed by atoms with E-state index in [1.54, 1.807) is 13.0 Å². The van der Waals surface area contributed by atoms with Gasteiger partial charge in [-0.15, -0.1) is 0 Å². The molecular formula is C17H17FO2. The van der Waals surface area contributed by atoms with Crippen LogP contribution in [0.15, 0.2) is 30.3 Å². The molecule has 0 unspecified atom stereocenters. The van der Waals surface area contributed by atoms with Crippen LogP contribution in [0.5, 0.6) is 11.5 Å². The van der Waals surface area contributed by atoms with Crippen LogP contribution >= 0.6 is 0 Å². The van der Waals surface area contributed by atoms with Gasteiger partial charge in [-0.3, -0.25) is 4.79 Å². The third kappa shape index (κ3) is 2.87. The third-order valence-corrected chi connectivity index (χ3v) is 3.19. The van der Waals surface area contributed by atoms with Crippen molar-refractivity contribution in [3.05, 3.63) is 58.4 Å².